The molecule has 0 fully saturated rings. The summed E-state index contributed by atoms with van der Waals surface area (Å²) in [5.74, 6) is 0.395. The predicted molar refractivity (Wildman–Crippen MR) is 71.6 cm³/mol. The number of pyridine rings is 1. The molecule has 114 valence electrons. The van der Waals surface area contributed by atoms with Gasteiger partial charge < -0.3 is 10.1 Å². The van der Waals surface area contributed by atoms with Crippen LogP contribution in [-0.2, 0) is 6.54 Å². The van der Waals surface area contributed by atoms with E-state index in [9.17, 15) is 13.2 Å². The fraction of sp³-hybridized carbons (Fsp3) is 0.643. The van der Waals surface area contributed by atoms with E-state index in [2.05, 4.69) is 10.3 Å². The molecule has 0 bridgehead atoms. The Morgan fingerprint density at radius 2 is 1.95 bits per heavy atom. The third-order valence-electron chi connectivity index (χ3n) is 2.50. The van der Waals surface area contributed by atoms with Gasteiger partial charge in [-0.3, -0.25) is 0 Å². The Balaban J connectivity index is 2.49. The number of aromatic nitrogens is 1. The van der Waals surface area contributed by atoms with Crippen molar-refractivity contribution in [3.63, 3.8) is 0 Å². The van der Waals surface area contributed by atoms with Gasteiger partial charge in [-0.25, -0.2) is 4.98 Å². The van der Waals surface area contributed by atoms with Gasteiger partial charge in [0.1, 0.15) is 0 Å². The number of rotatable bonds is 6. The highest BCUT2D eigenvalue weighted by atomic mass is 19.4. The first-order valence-electron chi connectivity index (χ1n) is 6.56. The summed E-state index contributed by atoms with van der Waals surface area (Å²) in [6.45, 7) is 6.68. The molecule has 0 amide bonds. The smallest absolute Gasteiger partial charge is 0.389 e. The summed E-state index contributed by atoms with van der Waals surface area (Å²) in [5, 5.41) is 3.29. The Morgan fingerprint density at radius 3 is 2.55 bits per heavy atom. The van der Waals surface area contributed by atoms with Crippen LogP contribution in [0.25, 0.3) is 0 Å². The SMILES string of the molecule is CC(C)(C)NCc1cccnc1OCCCC(F)(F)F. The summed E-state index contributed by atoms with van der Waals surface area (Å²) in [6.07, 6.45) is -3.47. The number of ether oxygens (including phenoxy) is 1. The number of nitrogens with zero attached hydrogens (tertiary/aromatic N) is 1. The summed E-state index contributed by atoms with van der Waals surface area (Å²) in [7, 11) is 0. The summed E-state index contributed by atoms with van der Waals surface area (Å²) in [5.41, 5.74) is 0.790. The number of hydrogen-bond acceptors (Lipinski definition) is 3. The van der Waals surface area contributed by atoms with Crippen LogP contribution in [0.3, 0.4) is 0 Å². The Hall–Kier alpha value is -1.30. The Kier molecular flexibility index (Phi) is 5.80. The van der Waals surface area contributed by atoms with Gasteiger partial charge in [0.2, 0.25) is 5.88 Å². The lowest BCUT2D eigenvalue weighted by atomic mass is 10.1. The lowest BCUT2D eigenvalue weighted by Gasteiger charge is -2.21. The average Bonchev–Trinajstić information content (AvgIpc) is 2.31. The van der Waals surface area contributed by atoms with E-state index in [0.717, 1.165) is 5.56 Å². The van der Waals surface area contributed by atoms with Crippen molar-refractivity contribution >= 4 is 0 Å². The van der Waals surface area contributed by atoms with E-state index in [4.69, 9.17) is 4.74 Å². The molecule has 1 heterocycles. The third kappa shape index (κ3) is 7.33. The second-order valence-electron chi connectivity index (χ2n) is 5.64. The Bertz CT molecular complexity index is 414. The van der Waals surface area contributed by atoms with Gasteiger partial charge in [-0.15, -0.1) is 0 Å². The van der Waals surface area contributed by atoms with Gasteiger partial charge in [0.15, 0.2) is 0 Å². The molecule has 20 heavy (non-hydrogen) atoms. The molecule has 1 N–H and O–H groups in total. The van der Waals surface area contributed by atoms with Gasteiger partial charge in [0.25, 0.3) is 0 Å². The maximum Gasteiger partial charge on any atom is 0.389 e. The summed E-state index contributed by atoms with van der Waals surface area (Å²) < 4.78 is 41.4. The molecule has 1 rings (SSSR count). The van der Waals surface area contributed by atoms with Crippen molar-refractivity contribution in [2.45, 2.75) is 51.9 Å². The van der Waals surface area contributed by atoms with E-state index < -0.39 is 12.6 Å². The number of hydrogen-bond donors (Lipinski definition) is 1. The number of halogens is 3. The highest BCUT2D eigenvalue weighted by Crippen LogP contribution is 2.22. The zero-order valence-electron chi connectivity index (χ0n) is 12.0. The summed E-state index contributed by atoms with van der Waals surface area (Å²) in [6, 6.07) is 3.63. The molecule has 0 unspecified atom stereocenters. The topological polar surface area (TPSA) is 34.2 Å². The molecule has 0 radical (unpaired) electrons. The molecule has 0 atom stereocenters. The normalized spacial score (nSPS) is 12.5. The zero-order chi connectivity index (χ0) is 15.2. The van der Waals surface area contributed by atoms with Gasteiger partial charge in [0, 0.05) is 30.3 Å². The minimum absolute atomic E-state index is 0.0129. The second-order valence-corrected chi connectivity index (χ2v) is 5.64. The van der Waals surface area contributed by atoms with Gasteiger partial charge in [-0.05, 0) is 33.3 Å². The first kappa shape index (κ1) is 16.8. The van der Waals surface area contributed by atoms with E-state index in [1.807, 2.05) is 26.8 Å². The highest BCUT2D eigenvalue weighted by Gasteiger charge is 2.26. The van der Waals surface area contributed by atoms with Gasteiger partial charge >= 0.3 is 6.18 Å². The average molecular weight is 290 g/mol. The maximum absolute atomic E-state index is 12.0. The first-order valence-corrected chi connectivity index (χ1v) is 6.56. The van der Waals surface area contributed by atoms with Gasteiger partial charge in [0.05, 0.1) is 6.61 Å². The largest absolute Gasteiger partial charge is 0.477 e. The van der Waals surface area contributed by atoms with Crippen LogP contribution in [0.4, 0.5) is 13.2 Å². The molecule has 1 aromatic heterocycles. The van der Waals surface area contributed by atoms with Crippen molar-refractivity contribution in [2.75, 3.05) is 6.61 Å². The molecule has 0 spiro atoms. The number of nitrogens with one attached hydrogen (secondary N) is 1. The summed E-state index contributed by atoms with van der Waals surface area (Å²) in [4.78, 5) is 4.07. The molecule has 0 aliphatic carbocycles. The Labute approximate surface area is 117 Å². The molecule has 0 aliphatic heterocycles. The lowest BCUT2D eigenvalue weighted by Crippen LogP contribution is -2.35. The van der Waals surface area contributed by atoms with E-state index >= 15 is 0 Å². The van der Waals surface area contributed by atoms with Crippen LogP contribution in [0.1, 0.15) is 39.2 Å². The van der Waals surface area contributed by atoms with E-state index in [-0.39, 0.29) is 18.6 Å². The molecular formula is C14H21F3N2O. The van der Waals surface area contributed by atoms with Crippen LogP contribution in [-0.4, -0.2) is 23.3 Å². The molecule has 0 saturated carbocycles. The van der Waals surface area contributed by atoms with Crippen LogP contribution < -0.4 is 10.1 Å². The first-order chi connectivity index (χ1) is 9.17. The highest BCUT2D eigenvalue weighted by molar-refractivity contribution is 5.25. The molecule has 1 aromatic rings. The minimum Gasteiger partial charge on any atom is -0.477 e. The minimum atomic E-state index is -4.13. The number of alkyl halides is 3. The molecular weight excluding hydrogens is 269 g/mol. The van der Waals surface area contributed by atoms with Crippen molar-refractivity contribution in [1.29, 1.82) is 0 Å². The monoisotopic (exact) mass is 290 g/mol. The van der Waals surface area contributed by atoms with E-state index in [1.165, 1.54) is 0 Å². The van der Waals surface area contributed by atoms with Gasteiger partial charge in [-0.2, -0.15) is 13.2 Å². The van der Waals surface area contributed by atoms with Crippen LogP contribution in [0.5, 0.6) is 5.88 Å². The maximum atomic E-state index is 12.0. The van der Waals surface area contributed by atoms with Crippen LogP contribution >= 0.6 is 0 Å². The van der Waals surface area contributed by atoms with Gasteiger partial charge in [-0.1, -0.05) is 6.07 Å². The van der Waals surface area contributed by atoms with E-state index in [0.29, 0.717) is 12.4 Å². The molecule has 0 aromatic carbocycles. The van der Waals surface area contributed by atoms with Crippen molar-refractivity contribution in [2.24, 2.45) is 0 Å². The fourth-order valence-electron chi connectivity index (χ4n) is 1.49. The molecule has 3 nitrogen and oxygen atoms in total. The van der Waals surface area contributed by atoms with Crippen LogP contribution in [0.15, 0.2) is 18.3 Å². The Morgan fingerprint density at radius 1 is 1.25 bits per heavy atom. The van der Waals surface area contributed by atoms with Crippen LogP contribution in [0, 0.1) is 0 Å². The van der Waals surface area contributed by atoms with Crippen LogP contribution in [0.2, 0.25) is 0 Å². The quantitative estimate of drug-likeness (QED) is 0.811. The van der Waals surface area contributed by atoms with Crippen molar-refractivity contribution < 1.29 is 17.9 Å². The lowest BCUT2D eigenvalue weighted by molar-refractivity contribution is -0.136. The molecule has 0 saturated heterocycles. The zero-order valence-corrected chi connectivity index (χ0v) is 12.0. The molecule has 0 aliphatic rings. The third-order valence-corrected chi connectivity index (χ3v) is 2.50. The fourth-order valence-corrected chi connectivity index (χ4v) is 1.49. The summed E-state index contributed by atoms with van der Waals surface area (Å²) >= 11 is 0. The standard InChI is InChI=1S/C14H21F3N2O/c1-13(2,3)19-10-11-6-4-8-18-12(11)20-9-5-7-14(15,16)17/h4,6,8,19H,5,7,9-10H2,1-3H3. The van der Waals surface area contributed by atoms with Crippen molar-refractivity contribution in [3.8, 4) is 5.88 Å². The van der Waals surface area contributed by atoms with Crippen molar-refractivity contribution in [3.05, 3.63) is 23.9 Å². The van der Waals surface area contributed by atoms with E-state index in [1.54, 1.807) is 12.3 Å². The molecule has 6 heteroatoms. The van der Waals surface area contributed by atoms with Crippen molar-refractivity contribution in [1.82, 2.24) is 10.3 Å². The predicted octanol–water partition coefficient (Wildman–Crippen LogP) is 3.69. The second kappa shape index (κ2) is 6.92.